The topological polar surface area (TPSA) is 83.5 Å². The third-order valence-electron chi connectivity index (χ3n) is 8.35. The van der Waals surface area contributed by atoms with E-state index >= 15 is 0 Å². The van der Waals surface area contributed by atoms with E-state index in [1.807, 2.05) is 127 Å². The highest BCUT2D eigenvalue weighted by atomic mass is 16.6. The summed E-state index contributed by atoms with van der Waals surface area (Å²) < 4.78 is 33.4. The quantitative estimate of drug-likeness (QED) is 0.125. The number of aromatic carboxylic acids is 1. The first-order valence-corrected chi connectivity index (χ1v) is 16.2. The van der Waals surface area contributed by atoms with Crippen LogP contribution in [-0.4, -0.2) is 42.1 Å². The second-order valence-electron chi connectivity index (χ2n) is 11.8. The molecule has 0 amide bonds. The molecule has 1 heterocycles. The fraction of sp³-hybridized carbons (Fsp3) is 0.244. The molecule has 0 saturated carbocycles. The third-order valence-corrected chi connectivity index (χ3v) is 8.35. The zero-order valence-electron chi connectivity index (χ0n) is 26.7. The maximum atomic E-state index is 12.0. The van der Waals surface area contributed by atoms with Gasteiger partial charge in [-0.25, -0.2) is 4.79 Å². The number of carboxylic acid groups (broad SMARTS) is 1. The van der Waals surface area contributed by atoms with Gasteiger partial charge in [-0.3, -0.25) is 0 Å². The van der Waals surface area contributed by atoms with E-state index in [1.54, 1.807) is 18.2 Å². The molecule has 0 radical (unpaired) electrons. The summed E-state index contributed by atoms with van der Waals surface area (Å²) in [7, 11) is 0. The van der Waals surface area contributed by atoms with Crippen LogP contribution in [0.2, 0.25) is 0 Å². The van der Waals surface area contributed by atoms with Crippen molar-refractivity contribution in [2.24, 2.45) is 0 Å². The number of carbonyl (C=O) groups is 1. The van der Waals surface area contributed by atoms with Crippen LogP contribution in [0, 0.1) is 0 Å². The van der Waals surface area contributed by atoms with Crippen molar-refractivity contribution in [2.75, 3.05) is 6.61 Å². The molecule has 0 spiro atoms. The lowest BCUT2D eigenvalue weighted by Crippen LogP contribution is -2.58. The molecular weight excluding hydrogens is 604 g/mol. The minimum Gasteiger partial charge on any atom is -0.478 e. The molecule has 0 aromatic heterocycles. The number of rotatable bonds is 15. The van der Waals surface area contributed by atoms with Gasteiger partial charge in [0, 0.05) is 0 Å². The highest BCUT2D eigenvalue weighted by Crippen LogP contribution is 2.39. The molecule has 5 atom stereocenters. The Morgan fingerprint density at radius 2 is 1.00 bits per heavy atom. The minimum absolute atomic E-state index is 0.166. The number of ether oxygens (including phenoxy) is 5. The van der Waals surface area contributed by atoms with Gasteiger partial charge < -0.3 is 28.8 Å². The molecule has 1 N–H and O–H groups in total. The van der Waals surface area contributed by atoms with Crippen LogP contribution in [0.1, 0.15) is 44.3 Å². The molecule has 0 bridgehead atoms. The molecule has 1 aliphatic rings. The molecule has 1 aliphatic heterocycles. The van der Waals surface area contributed by atoms with Crippen LogP contribution in [-0.2, 0) is 50.1 Å². The fourth-order valence-electron chi connectivity index (χ4n) is 5.91. The van der Waals surface area contributed by atoms with Crippen molar-refractivity contribution < 1.29 is 33.6 Å². The lowest BCUT2D eigenvalue weighted by atomic mass is 9.89. The average molecular weight is 645 g/mol. The summed E-state index contributed by atoms with van der Waals surface area (Å²) in [6.07, 6.45) is -3.06. The molecule has 246 valence electrons. The molecule has 1 saturated heterocycles. The second-order valence-corrected chi connectivity index (χ2v) is 11.8. The van der Waals surface area contributed by atoms with Crippen molar-refractivity contribution in [3.05, 3.63) is 179 Å². The normalized spacial score (nSPS) is 20.7. The summed E-state index contributed by atoms with van der Waals surface area (Å²) >= 11 is 0. The van der Waals surface area contributed by atoms with Crippen LogP contribution in [0.25, 0.3) is 0 Å². The van der Waals surface area contributed by atoms with Gasteiger partial charge >= 0.3 is 5.97 Å². The maximum absolute atomic E-state index is 12.0. The minimum atomic E-state index is -1.02. The predicted molar refractivity (Wildman–Crippen MR) is 182 cm³/mol. The zero-order chi connectivity index (χ0) is 33.0. The van der Waals surface area contributed by atoms with Crippen molar-refractivity contribution in [3.8, 4) is 0 Å². The van der Waals surface area contributed by atoms with Gasteiger partial charge in [-0.15, -0.1) is 0 Å². The highest BCUT2D eigenvalue weighted by molar-refractivity contribution is 5.87. The molecule has 48 heavy (non-hydrogen) atoms. The first kappa shape index (κ1) is 33.3. The Hall–Kier alpha value is -4.63. The summed E-state index contributed by atoms with van der Waals surface area (Å²) in [5.74, 6) is -1.02. The maximum Gasteiger partial charge on any atom is 0.335 e. The summed E-state index contributed by atoms with van der Waals surface area (Å²) in [6, 6.07) is 46.7. The van der Waals surface area contributed by atoms with Gasteiger partial charge in [-0.2, -0.15) is 0 Å². The highest BCUT2D eigenvalue weighted by Gasteiger charge is 2.49. The number of benzene rings is 5. The van der Waals surface area contributed by atoms with E-state index in [2.05, 4.69) is 0 Å². The van der Waals surface area contributed by atoms with Gasteiger partial charge in [0.25, 0.3) is 0 Å². The fourth-order valence-corrected chi connectivity index (χ4v) is 5.91. The second kappa shape index (κ2) is 17.0. The molecule has 1 fully saturated rings. The Morgan fingerprint density at radius 3 is 1.50 bits per heavy atom. The van der Waals surface area contributed by atoms with Gasteiger partial charge in [-0.05, 0) is 39.9 Å². The molecule has 0 aliphatic carbocycles. The SMILES string of the molecule is O=C(O)c1cccc([C@@H]2O[C@H](COCc3ccccc3)[C@@H](OCc3ccccc3)[C@H](OCc3ccccc3)[C@H]2OCc2ccccc2)c1. The molecule has 7 heteroatoms. The summed E-state index contributed by atoms with van der Waals surface area (Å²) in [4.78, 5) is 12.0. The van der Waals surface area contributed by atoms with E-state index in [0.29, 0.717) is 32.0 Å². The van der Waals surface area contributed by atoms with Crippen LogP contribution in [0.4, 0.5) is 0 Å². The molecule has 5 aromatic rings. The van der Waals surface area contributed by atoms with Crippen molar-refractivity contribution in [1.29, 1.82) is 0 Å². The van der Waals surface area contributed by atoms with E-state index in [4.69, 9.17) is 23.7 Å². The standard InChI is InChI=1S/C41H40O7/c42-41(43)35-23-13-22-34(24-35)37-39(46-27-32-18-9-3-10-19-32)40(47-28-33-20-11-4-12-21-33)38(45-26-31-16-7-2-8-17-31)36(48-37)29-44-25-30-14-5-1-6-15-30/h1-24,36-40H,25-29H2,(H,42,43)/t36-,37+,38-,39+,40+/m1/s1. The van der Waals surface area contributed by atoms with Crippen LogP contribution >= 0.6 is 0 Å². The molecular formula is C41H40O7. The van der Waals surface area contributed by atoms with E-state index in [1.165, 1.54) is 0 Å². The van der Waals surface area contributed by atoms with Crippen molar-refractivity contribution in [2.45, 2.75) is 56.9 Å². The molecule has 5 aromatic carbocycles. The first-order chi connectivity index (χ1) is 23.6. The van der Waals surface area contributed by atoms with Gasteiger partial charge in [0.2, 0.25) is 0 Å². The Balaban J connectivity index is 1.36. The Kier molecular flexibility index (Phi) is 11.8. The van der Waals surface area contributed by atoms with Crippen molar-refractivity contribution in [1.82, 2.24) is 0 Å². The summed E-state index contributed by atoms with van der Waals surface area (Å²) in [5.41, 5.74) is 4.90. The van der Waals surface area contributed by atoms with E-state index in [9.17, 15) is 9.90 Å². The van der Waals surface area contributed by atoms with Crippen LogP contribution in [0.5, 0.6) is 0 Å². The van der Waals surface area contributed by atoms with Crippen LogP contribution < -0.4 is 0 Å². The summed E-state index contributed by atoms with van der Waals surface area (Å²) in [5, 5.41) is 9.85. The van der Waals surface area contributed by atoms with Crippen LogP contribution in [0.3, 0.4) is 0 Å². The van der Waals surface area contributed by atoms with Crippen molar-refractivity contribution in [3.63, 3.8) is 0 Å². The summed E-state index contributed by atoms with van der Waals surface area (Å²) in [6.45, 7) is 1.58. The lowest BCUT2D eigenvalue weighted by Gasteiger charge is -2.46. The average Bonchev–Trinajstić information content (AvgIpc) is 3.14. The monoisotopic (exact) mass is 644 g/mol. The van der Waals surface area contributed by atoms with E-state index in [0.717, 1.165) is 22.3 Å². The first-order valence-electron chi connectivity index (χ1n) is 16.2. The largest absolute Gasteiger partial charge is 0.478 e. The van der Waals surface area contributed by atoms with Gasteiger partial charge in [-0.1, -0.05) is 133 Å². The Bertz CT molecular complexity index is 1680. The lowest BCUT2D eigenvalue weighted by molar-refractivity contribution is -0.275. The number of hydrogen-bond acceptors (Lipinski definition) is 6. The smallest absolute Gasteiger partial charge is 0.335 e. The Labute approximate surface area is 281 Å². The number of hydrogen-bond donors (Lipinski definition) is 1. The Morgan fingerprint density at radius 1 is 0.542 bits per heavy atom. The molecule has 6 rings (SSSR count). The van der Waals surface area contributed by atoms with Crippen LogP contribution in [0.15, 0.2) is 146 Å². The zero-order valence-corrected chi connectivity index (χ0v) is 26.7. The van der Waals surface area contributed by atoms with Crippen molar-refractivity contribution >= 4 is 5.97 Å². The van der Waals surface area contributed by atoms with Gasteiger partial charge in [0.15, 0.2) is 0 Å². The van der Waals surface area contributed by atoms with E-state index < -0.39 is 36.5 Å². The number of carboxylic acids is 1. The molecule has 7 nitrogen and oxygen atoms in total. The third kappa shape index (κ3) is 9.04. The molecule has 0 unspecified atom stereocenters. The van der Waals surface area contributed by atoms with Gasteiger partial charge in [0.05, 0.1) is 38.6 Å². The predicted octanol–water partition coefficient (Wildman–Crippen LogP) is 7.80. The van der Waals surface area contributed by atoms with E-state index in [-0.39, 0.29) is 12.2 Å². The van der Waals surface area contributed by atoms with Gasteiger partial charge in [0.1, 0.15) is 30.5 Å².